The molecule has 4 aromatic carbocycles. The summed E-state index contributed by atoms with van der Waals surface area (Å²) in [7, 11) is 1.57. The third kappa shape index (κ3) is 8.46. The lowest BCUT2D eigenvalue weighted by Crippen LogP contribution is -2.50. The number of nitrogens with one attached hydrogen (secondary N) is 1. The first-order valence-electron chi connectivity index (χ1n) is 15.4. The molecule has 2 atom stereocenters. The SMILES string of the molecule is COc1cccc([C@H]2OC(c3ccc(OCCCO)cc3)=N[C@@]2(Cc2ccccc2N=[N+]=[N-])C(=O)NCCSCc2ccc(F)cc2)c1. The Kier molecular flexibility index (Phi) is 11.9. The number of rotatable bonds is 16. The van der Waals surface area contributed by atoms with Crippen LogP contribution >= 0.6 is 11.8 Å². The summed E-state index contributed by atoms with van der Waals surface area (Å²) < 4.78 is 31.1. The van der Waals surface area contributed by atoms with Crippen molar-refractivity contribution in [2.24, 2.45) is 10.1 Å². The molecule has 48 heavy (non-hydrogen) atoms. The lowest BCUT2D eigenvalue weighted by Gasteiger charge is -2.31. The van der Waals surface area contributed by atoms with Gasteiger partial charge in [-0.25, -0.2) is 9.38 Å². The van der Waals surface area contributed by atoms with Crippen molar-refractivity contribution in [1.29, 1.82) is 0 Å². The molecule has 12 heteroatoms. The molecule has 1 heterocycles. The highest BCUT2D eigenvalue weighted by Crippen LogP contribution is 2.44. The summed E-state index contributed by atoms with van der Waals surface area (Å²) >= 11 is 1.61. The molecule has 10 nitrogen and oxygen atoms in total. The average Bonchev–Trinajstić information content (AvgIpc) is 3.50. The first-order chi connectivity index (χ1) is 23.5. The largest absolute Gasteiger partial charge is 0.497 e. The van der Waals surface area contributed by atoms with Gasteiger partial charge in [0.1, 0.15) is 17.3 Å². The summed E-state index contributed by atoms with van der Waals surface area (Å²) in [5.41, 5.74) is 11.1. The molecule has 0 unspecified atom stereocenters. The lowest BCUT2D eigenvalue weighted by atomic mass is 9.81. The van der Waals surface area contributed by atoms with Crippen molar-refractivity contribution in [3.05, 3.63) is 136 Å². The third-order valence-electron chi connectivity index (χ3n) is 7.74. The van der Waals surface area contributed by atoms with Crippen LogP contribution in [0.2, 0.25) is 0 Å². The van der Waals surface area contributed by atoms with Gasteiger partial charge in [-0.3, -0.25) is 4.79 Å². The molecule has 1 aliphatic rings. The molecule has 2 N–H and O–H groups in total. The van der Waals surface area contributed by atoms with Crippen molar-refractivity contribution in [2.75, 3.05) is 32.6 Å². The number of methoxy groups -OCH3 is 1. The summed E-state index contributed by atoms with van der Waals surface area (Å²) in [6.07, 6.45) is -0.279. The second-order valence-electron chi connectivity index (χ2n) is 11.0. The molecule has 4 aromatic rings. The van der Waals surface area contributed by atoms with Crippen molar-refractivity contribution < 1.29 is 28.5 Å². The Morgan fingerprint density at radius 1 is 1.08 bits per heavy atom. The van der Waals surface area contributed by atoms with Crippen LogP contribution in [-0.4, -0.2) is 55.1 Å². The minimum absolute atomic E-state index is 0.0360. The van der Waals surface area contributed by atoms with Gasteiger partial charge in [0.15, 0.2) is 11.6 Å². The number of aliphatic hydroxyl groups is 1. The van der Waals surface area contributed by atoms with Gasteiger partial charge in [-0.1, -0.05) is 53.6 Å². The topological polar surface area (TPSA) is 138 Å². The van der Waals surface area contributed by atoms with Gasteiger partial charge in [0.05, 0.1) is 13.7 Å². The van der Waals surface area contributed by atoms with Crippen LogP contribution in [0.4, 0.5) is 10.1 Å². The van der Waals surface area contributed by atoms with Crippen LogP contribution in [-0.2, 0) is 21.7 Å². The van der Waals surface area contributed by atoms with Crippen molar-refractivity contribution in [2.45, 2.75) is 30.2 Å². The van der Waals surface area contributed by atoms with Crippen molar-refractivity contribution in [3.8, 4) is 11.5 Å². The molecule has 0 saturated carbocycles. The van der Waals surface area contributed by atoms with E-state index < -0.39 is 11.6 Å². The molecule has 1 amide bonds. The van der Waals surface area contributed by atoms with E-state index in [2.05, 4.69) is 15.3 Å². The van der Waals surface area contributed by atoms with Gasteiger partial charge in [-0.05, 0) is 70.8 Å². The number of amides is 1. The van der Waals surface area contributed by atoms with Crippen LogP contribution < -0.4 is 14.8 Å². The smallest absolute Gasteiger partial charge is 0.252 e. The van der Waals surface area contributed by atoms with E-state index in [9.17, 15) is 14.7 Å². The molecular formula is C36H36FN5O5S. The van der Waals surface area contributed by atoms with E-state index in [0.29, 0.717) is 65.0 Å². The van der Waals surface area contributed by atoms with Crippen LogP contribution in [0.15, 0.2) is 107 Å². The van der Waals surface area contributed by atoms with Crippen LogP contribution in [0.25, 0.3) is 10.4 Å². The predicted octanol–water partition coefficient (Wildman–Crippen LogP) is 7.09. The standard InChI is InChI=1S/C36H36FN5O5S/c1-45-31-8-4-7-27(22-31)33-36(23-28-6-2-3-9-32(28)41-42-38,35(44)39-18-21-48-24-25-10-14-29(37)15-11-25)40-34(47-33)26-12-16-30(17-13-26)46-20-5-19-43/h2-4,6-17,22,33,43H,5,18-21,23-24H2,1H3,(H,39,44)/t33-,36-/m1/s1. The number of carbonyl (C=O) groups excluding carboxylic acids is 1. The predicted molar refractivity (Wildman–Crippen MR) is 184 cm³/mol. The van der Waals surface area contributed by atoms with Gasteiger partial charge in [0.25, 0.3) is 5.91 Å². The molecule has 0 fully saturated rings. The summed E-state index contributed by atoms with van der Waals surface area (Å²) in [6, 6.07) is 28.0. The number of hydrogen-bond donors (Lipinski definition) is 2. The van der Waals surface area contributed by atoms with Crippen molar-refractivity contribution >= 4 is 29.3 Å². The van der Waals surface area contributed by atoms with E-state index in [0.717, 1.165) is 5.56 Å². The Hall–Kier alpha value is -5.03. The van der Waals surface area contributed by atoms with Gasteiger partial charge < -0.3 is 24.6 Å². The Bertz CT molecular complexity index is 1770. The number of nitrogens with zero attached hydrogens (tertiary/aromatic N) is 4. The van der Waals surface area contributed by atoms with Crippen molar-refractivity contribution in [3.63, 3.8) is 0 Å². The number of aliphatic imine (C=N–C) groups is 1. The van der Waals surface area contributed by atoms with Crippen LogP contribution in [0.1, 0.15) is 34.8 Å². The van der Waals surface area contributed by atoms with Gasteiger partial charge in [-0.15, -0.1) is 0 Å². The van der Waals surface area contributed by atoms with Crippen LogP contribution in [0.3, 0.4) is 0 Å². The summed E-state index contributed by atoms with van der Waals surface area (Å²) in [5, 5.41) is 16.1. The maximum atomic E-state index is 14.5. The highest BCUT2D eigenvalue weighted by atomic mass is 32.2. The number of halogens is 1. The Morgan fingerprint density at radius 2 is 1.88 bits per heavy atom. The molecular weight excluding hydrogens is 633 g/mol. The number of ether oxygens (including phenoxy) is 3. The second kappa shape index (κ2) is 16.7. The Labute approximate surface area is 282 Å². The molecule has 248 valence electrons. The molecule has 0 spiro atoms. The Morgan fingerprint density at radius 3 is 2.62 bits per heavy atom. The fourth-order valence-corrected chi connectivity index (χ4v) is 6.16. The van der Waals surface area contributed by atoms with E-state index in [4.69, 9.17) is 24.3 Å². The van der Waals surface area contributed by atoms with Gasteiger partial charge >= 0.3 is 0 Å². The summed E-state index contributed by atoms with van der Waals surface area (Å²) in [6.45, 7) is 0.759. The number of hydrogen-bond acceptors (Lipinski definition) is 8. The normalized spacial score (nSPS) is 16.7. The maximum Gasteiger partial charge on any atom is 0.252 e. The second-order valence-corrected chi connectivity index (χ2v) is 12.1. The van der Waals surface area contributed by atoms with E-state index in [1.807, 2.05) is 48.5 Å². The highest BCUT2D eigenvalue weighted by molar-refractivity contribution is 7.98. The molecule has 0 aliphatic carbocycles. The zero-order chi connectivity index (χ0) is 33.8. The van der Waals surface area contributed by atoms with E-state index in [-0.39, 0.29) is 30.6 Å². The number of azide groups is 1. The minimum atomic E-state index is -1.50. The number of carbonyl (C=O) groups is 1. The molecule has 0 saturated heterocycles. The van der Waals surface area contributed by atoms with Crippen molar-refractivity contribution in [1.82, 2.24) is 5.32 Å². The quantitative estimate of drug-likeness (QED) is 0.0566. The average molecular weight is 670 g/mol. The van der Waals surface area contributed by atoms with Gasteiger partial charge in [0, 0.05) is 53.7 Å². The maximum absolute atomic E-state index is 14.5. The fraction of sp³-hybridized carbons (Fsp3) is 0.278. The fourth-order valence-electron chi connectivity index (χ4n) is 5.34. The van der Waals surface area contributed by atoms with Crippen LogP contribution in [0.5, 0.6) is 11.5 Å². The Balaban J connectivity index is 1.49. The zero-order valence-electron chi connectivity index (χ0n) is 26.4. The summed E-state index contributed by atoms with van der Waals surface area (Å²) in [5.74, 6) is 2.12. The molecule has 0 aromatic heterocycles. The molecule has 0 bridgehead atoms. The summed E-state index contributed by atoms with van der Waals surface area (Å²) in [4.78, 5) is 22.6. The number of thioether (sulfide) groups is 1. The number of benzene rings is 4. The van der Waals surface area contributed by atoms with Crippen LogP contribution in [0, 0.1) is 5.82 Å². The lowest BCUT2D eigenvalue weighted by molar-refractivity contribution is -0.128. The monoisotopic (exact) mass is 669 g/mol. The first-order valence-corrected chi connectivity index (χ1v) is 16.6. The van der Waals surface area contributed by atoms with Gasteiger partial charge in [-0.2, -0.15) is 11.8 Å². The van der Waals surface area contributed by atoms with E-state index in [1.54, 1.807) is 55.3 Å². The van der Waals surface area contributed by atoms with E-state index >= 15 is 0 Å². The molecule has 0 radical (unpaired) electrons. The van der Waals surface area contributed by atoms with Gasteiger partial charge in [0.2, 0.25) is 5.90 Å². The zero-order valence-corrected chi connectivity index (χ0v) is 27.2. The first kappa shape index (κ1) is 34.3. The molecule has 5 rings (SSSR count). The highest BCUT2D eigenvalue weighted by Gasteiger charge is 2.53. The van der Waals surface area contributed by atoms with E-state index in [1.165, 1.54) is 12.1 Å². The minimum Gasteiger partial charge on any atom is -0.497 e. The number of aliphatic hydroxyl groups excluding tert-OH is 1. The third-order valence-corrected chi connectivity index (χ3v) is 8.77. The molecule has 1 aliphatic heterocycles.